The van der Waals surface area contributed by atoms with Crippen molar-refractivity contribution in [3.8, 4) is 0 Å². The Kier molecular flexibility index (Phi) is 6.50. The molecule has 0 saturated carbocycles. The predicted molar refractivity (Wildman–Crippen MR) is 117 cm³/mol. The number of hydrogen-bond donors (Lipinski definition) is 0. The summed E-state index contributed by atoms with van der Waals surface area (Å²) < 4.78 is 7.20. The van der Waals surface area contributed by atoms with Crippen molar-refractivity contribution in [3.63, 3.8) is 0 Å². The number of benzene rings is 1. The molecule has 2 heterocycles. The second-order valence-corrected chi connectivity index (χ2v) is 7.72. The average molecular weight is 409 g/mol. The number of para-hydroxylation sites is 1. The first-order chi connectivity index (χ1) is 14.3. The van der Waals surface area contributed by atoms with Crippen LogP contribution in [0.2, 0.25) is 0 Å². The standard InChI is InChI=1S/C23H28N4O3/c1-6-26(17-10-8-7-9-11-17)21(28)14-30-23(29)18-12-20(15(2)3)25-22-19(18)13-24-27(22)16(4)5/h7-13,15-16H,6,14H2,1-5H3. The van der Waals surface area contributed by atoms with E-state index in [2.05, 4.69) is 5.10 Å². The highest BCUT2D eigenvalue weighted by atomic mass is 16.5. The topological polar surface area (TPSA) is 77.3 Å². The molecule has 3 rings (SSSR count). The lowest BCUT2D eigenvalue weighted by atomic mass is 10.1. The van der Waals surface area contributed by atoms with Crippen LogP contribution in [0.1, 0.15) is 62.6 Å². The van der Waals surface area contributed by atoms with Gasteiger partial charge in [-0.1, -0.05) is 32.0 Å². The number of carbonyl (C=O) groups is 2. The van der Waals surface area contributed by atoms with Crippen molar-refractivity contribution in [2.45, 2.75) is 46.6 Å². The summed E-state index contributed by atoms with van der Waals surface area (Å²) in [4.78, 5) is 31.9. The van der Waals surface area contributed by atoms with Gasteiger partial charge in [0.2, 0.25) is 0 Å². The molecular formula is C23H28N4O3. The molecule has 0 bridgehead atoms. The molecule has 0 radical (unpaired) electrons. The van der Waals surface area contributed by atoms with E-state index in [1.54, 1.807) is 21.8 Å². The van der Waals surface area contributed by atoms with Crippen LogP contribution >= 0.6 is 0 Å². The van der Waals surface area contributed by atoms with E-state index in [0.29, 0.717) is 23.1 Å². The number of amides is 1. The Bertz CT molecular complexity index is 1040. The molecule has 0 spiro atoms. The van der Waals surface area contributed by atoms with Gasteiger partial charge in [-0.3, -0.25) is 4.79 Å². The van der Waals surface area contributed by atoms with Gasteiger partial charge < -0.3 is 9.64 Å². The van der Waals surface area contributed by atoms with Gasteiger partial charge in [0.15, 0.2) is 12.3 Å². The Morgan fingerprint density at radius 3 is 2.43 bits per heavy atom. The number of likely N-dealkylation sites (N-methyl/N-ethyl adjacent to an activating group) is 1. The van der Waals surface area contributed by atoms with Crippen molar-refractivity contribution < 1.29 is 14.3 Å². The van der Waals surface area contributed by atoms with Gasteiger partial charge in [-0.2, -0.15) is 5.10 Å². The molecule has 158 valence electrons. The van der Waals surface area contributed by atoms with Crippen LogP contribution in [0, 0.1) is 0 Å². The molecule has 0 unspecified atom stereocenters. The summed E-state index contributed by atoms with van der Waals surface area (Å²) in [5.74, 6) is -0.693. The van der Waals surface area contributed by atoms with Gasteiger partial charge in [0, 0.05) is 24.0 Å². The van der Waals surface area contributed by atoms with Crippen LogP contribution in [-0.2, 0) is 9.53 Å². The van der Waals surface area contributed by atoms with Crippen molar-refractivity contribution >= 4 is 28.6 Å². The zero-order valence-corrected chi connectivity index (χ0v) is 18.1. The molecule has 0 aliphatic carbocycles. The predicted octanol–water partition coefficient (Wildman–Crippen LogP) is 4.35. The number of pyridine rings is 1. The molecule has 0 aliphatic heterocycles. The lowest BCUT2D eigenvalue weighted by Gasteiger charge is -2.20. The van der Waals surface area contributed by atoms with Crippen molar-refractivity contribution in [1.82, 2.24) is 14.8 Å². The van der Waals surface area contributed by atoms with E-state index < -0.39 is 5.97 Å². The van der Waals surface area contributed by atoms with Gasteiger partial charge in [0.05, 0.1) is 17.1 Å². The van der Waals surface area contributed by atoms with Gasteiger partial charge in [0.25, 0.3) is 5.91 Å². The third kappa shape index (κ3) is 4.35. The summed E-state index contributed by atoms with van der Waals surface area (Å²) in [6, 6.07) is 11.2. The van der Waals surface area contributed by atoms with Gasteiger partial charge in [-0.15, -0.1) is 0 Å². The number of fused-ring (bicyclic) bond motifs is 1. The van der Waals surface area contributed by atoms with E-state index in [0.717, 1.165) is 11.4 Å². The number of aromatic nitrogens is 3. The minimum atomic E-state index is -0.551. The number of nitrogens with zero attached hydrogens (tertiary/aromatic N) is 4. The van der Waals surface area contributed by atoms with Crippen molar-refractivity contribution in [2.75, 3.05) is 18.1 Å². The highest BCUT2D eigenvalue weighted by Gasteiger charge is 2.22. The molecule has 0 N–H and O–H groups in total. The maximum atomic E-state index is 12.9. The molecular weight excluding hydrogens is 380 g/mol. The first kappa shape index (κ1) is 21.5. The smallest absolute Gasteiger partial charge is 0.339 e. The quantitative estimate of drug-likeness (QED) is 0.543. The van der Waals surface area contributed by atoms with Gasteiger partial charge in [-0.05, 0) is 44.9 Å². The maximum absolute atomic E-state index is 12.9. The van der Waals surface area contributed by atoms with E-state index in [4.69, 9.17) is 9.72 Å². The van der Waals surface area contributed by atoms with Crippen molar-refractivity contribution in [1.29, 1.82) is 0 Å². The van der Waals surface area contributed by atoms with Gasteiger partial charge in [0.1, 0.15) is 0 Å². The fourth-order valence-corrected chi connectivity index (χ4v) is 3.27. The Morgan fingerprint density at radius 2 is 1.83 bits per heavy atom. The first-order valence-electron chi connectivity index (χ1n) is 10.2. The molecule has 0 aliphatic rings. The normalized spacial score (nSPS) is 11.3. The minimum absolute atomic E-state index is 0.104. The summed E-state index contributed by atoms with van der Waals surface area (Å²) in [6.07, 6.45) is 1.63. The van der Waals surface area contributed by atoms with E-state index in [1.807, 2.05) is 65.0 Å². The second-order valence-electron chi connectivity index (χ2n) is 7.72. The largest absolute Gasteiger partial charge is 0.452 e. The molecule has 0 saturated heterocycles. The zero-order chi connectivity index (χ0) is 21.8. The average Bonchev–Trinajstić information content (AvgIpc) is 3.17. The van der Waals surface area contributed by atoms with E-state index >= 15 is 0 Å². The fraction of sp³-hybridized carbons (Fsp3) is 0.391. The van der Waals surface area contributed by atoms with Crippen LogP contribution in [0.3, 0.4) is 0 Å². The van der Waals surface area contributed by atoms with E-state index in [1.165, 1.54) is 0 Å². The Labute approximate surface area is 176 Å². The second kappa shape index (κ2) is 9.07. The summed E-state index contributed by atoms with van der Waals surface area (Å²) in [7, 11) is 0. The zero-order valence-electron chi connectivity index (χ0n) is 18.1. The molecule has 0 atom stereocenters. The van der Waals surface area contributed by atoms with Crippen LogP contribution < -0.4 is 4.90 Å². The van der Waals surface area contributed by atoms with Gasteiger partial charge in [-0.25, -0.2) is 14.5 Å². The molecule has 1 aromatic carbocycles. The van der Waals surface area contributed by atoms with Crippen LogP contribution in [0.25, 0.3) is 11.0 Å². The first-order valence-corrected chi connectivity index (χ1v) is 10.2. The minimum Gasteiger partial charge on any atom is -0.452 e. The summed E-state index contributed by atoms with van der Waals surface area (Å²) >= 11 is 0. The van der Waals surface area contributed by atoms with Crippen LogP contribution in [0.15, 0.2) is 42.6 Å². The molecule has 7 heteroatoms. The highest BCUT2D eigenvalue weighted by Crippen LogP contribution is 2.25. The lowest BCUT2D eigenvalue weighted by molar-refractivity contribution is -0.121. The molecule has 3 aromatic rings. The lowest BCUT2D eigenvalue weighted by Crippen LogP contribution is -2.34. The SMILES string of the molecule is CCN(C(=O)COC(=O)c1cc(C(C)C)nc2c1cnn2C(C)C)c1ccccc1. The van der Waals surface area contributed by atoms with E-state index in [-0.39, 0.29) is 24.5 Å². The summed E-state index contributed by atoms with van der Waals surface area (Å²) in [5.41, 5.74) is 2.58. The monoisotopic (exact) mass is 408 g/mol. The molecule has 2 aromatic heterocycles. The highest BCUT2D eigenvalue weighted by molar-refractivity contribution is 6.04. The van der Waals surface area contributed by atoms with E-state index in [9.17, 15) is 9.59 Å². The van der Waals surface area contributed by atoms with Gasteiger partial charge >= 0.3 is 5.97 Å². The molecule has 30 heavy (non-hydrogen) atoms. The summed E-state index contributed by atoms with van der Waals surface area (Å²) in [6.45, 7) is 10.1. The number of rotatable bonds is 7. The summed E-state index contributed by atoms with van der Waals surface area (Å²) in [5, 5.41) is 5.01. The van der Waals surface area contributed by atoms with Crippen molar-refractivity contribution in [3.05, 3.63) is 53.9 Å². The van der Waals surface area contributed by atoms with Crippen LogP contribution in [-0.4, -0.2) is 39.8 Å². The molecule has 7 nitrogen and oxygen atoms in total. The number of esters is 1. The number of carbonyl (C=O) groups excluding carboxylic acids is 2. The fourth-order valence-electron chi connectivity index (χ4n) is 3.27. The number of anilines is 1. The number of hydrogen-bond acceptors (Lipinski definition) is 5. The van der Waals surface area contributed by atoms with Crippen LogP contribution in [0.4, 0.5) is 5.69 Å². The number of ether oxygens (including phenoxy) is 1. The molecule has 1 amide bonds. The van der Waals surface area contributed by atoms with Crippen LogP contribution in [0.5, 0.6) is 0 Å². The Morgan fingerprint density at radius 1 is 1.13 bits per heavy atom. The molecule has 0 fully saturated rings. The third-order valence-electron chi connectivity index (χ3n) is 4.90. The van der Waals surface area contributed by atoms with Crippen molar-refractivity contribution in [2.24, 2.45) is 0 Å². The third-order valence-corrected chi connectivity index (χ3v) is 4.90. The Hall–Kier alpha value is -3.22. The maximum Gasteiger partial charge on any atom is 0.339 e. The Balaban J connectivity index is 1.85.